The Kier molecular flexibility index (Phi) is 5.27. The first-order valence-corrected chi connectivity index (χ1v) is 8.55. The fourth-order valence-electron chi connectivity index (χ4n) is 3.06. The predicted octanol–water partition coefficient (Wildman–Crippen LogP) is 4.69. The van der Waals surface area contributed by atoms with Crippen molar-refractivity contribution in [1.82, 2.24) is 5.32 Å². The van der Waals surface area contributed by atoms with Crippen molar-refractivity contribution in [1.29, 1.82) is 0 Å². The Balaban J connectivity index is 1.60. The van der Waals surface area contributed by atoms with Gasteiger partial charge in [0.05, 0.1) is 6.42 Å². The molecule has 0 aliphatic heterocycles. The van der Waals surface area contributed by atoms with Crippen LogP contribution in [0.4, 0.5) is 0 Å². The van der Waals surface area contributed by atoms with Gasteiger partial charge in [-0.25, -0.2) is 0 Å². The third-order valence-electron chi connectivity index (χ3n) is 4.49. The van der Waals surface area contributed by atoms with Crippen LogP contribution in [0.2, 0.25) is 0 Å². The molecule has 122 valence electrons. The Bertz CT molecular complexity index is 810. The van der Waals surface area contributed by atoms with Crippen molar-refractivity contribution >= 4 is 16.7 Å². The van der Waals surface area contributed by atoms with E-state index >= 15 is 0 Å². The van der Waals surface area contributed by atoms with E-state index in [2.05, 4.69) is 60.8 Å². The average molecular weight is 317 g/mol. The van der Waals surface area contributed by atoms with Gasteiger partial charge in [-0.15, -0.1) is 0 Å². The number of benzene rings is 3. The summed E-state index contributed by atoms with van der Waals surface area (Å²) in [4.78, 5) is 12.3. The molecule has 0 saturated heterocycles. The van der Waals surface area contributed by atoms with E-state index < -0.39 is 0 Å². The zero-order valence-electron chi connectivity index (χ0n) is 14.0. The molecule has 2 heteroatoms. The van der Waals surface area contributed by atoms with Crippen molar-refractivity contribution in [2.75, 3.05) is 6.54 Å². The molecule has 0 aliphatic rings. The lowest BCUT2D eigenvalue weighted by Crippen LogP contribution is -2.29. The van der Waals surface area contributed by atoms with Crippen molar-refractivity contribution in [3.8, 4) is 0 Å². The monoisotopic (exact) mass is 317 g/mol. The zero-order valence-corrected chi connectivity index (χ0v) is 14.0. The average Bonchev–Trinajstić information content (AvgIpc) is 2.63. The number of carbonyl (C=O) groups is 1. The third-order valence-corrected chi connectivity index (χ3v) is 4.49. The van der Waals surface area contributed by atoms with Crippen molar-refractivity contribution in [3.05, 3.63) is 83.9 Å². The van der Waals surface area contributed by atoms with Gasteiger partial charge < -0.3 is 5.32 Å². The SMILES string of the molecule is CCC(CNC(=O)Cc1ccc2ccccc2c1)c1ccccc1. The lowest BCUT2D eigenvalue weighted by atomic mass is 9.96. The number of fused-ring (bicyclic) bond motifs is 1. The molecule has 0 saturated carbocycles. The van der Waals surface area contributed by atoms with E-state index in [0.29, 0.717) is 18.9 Å². The number of hydrogen-bond donors (Lipinski definition) is 1. The van der Waals surface area contributed by atoms with E-state index in [1.165, 1.54) is 16.3 Å². The molecule has 2 nitrogen and oxygen atoms in total. The Morgan fingerprint density at radius 2 is 1.62 bits per heavy atom. The standard InChI is InChI=1S/C22H23NO/c1-2-18(19-8-4-3-5-9-19)16-23-22(24)15-17-12-13-20-10-6-7-11-21(20)14-17/h3-14,18H,2,15-16H2,1H3,(H,23,24). The minimum absolute atomic E-state index is 0.0830. The highest BCUT2D eigenvalue weighted by molar-refractivity contribution is 5.85. The van der Waals surface area contributed by atoms with Gasteiger partial charge in [-0.1, -0.05) is 79.7 Å². The molecule has 0 bridgehead atoms. The Labute approximate surface area is 143 Å². The molecule has 3 aromatic carbocycles. The topological polar surface area (TPSA) is 29.1 Å². The Morgan fingerprint density at radius 3 is 2.38 bits per heavy atom. The molecule has 24 heavy (non-hydrogen) atoms. The van der Waals surface area contributed by atoms with Crippen molar-refractivity contribution in [2.24, 2.45) is 0 Å². The van der Waals surface area contributed by atoms with Crippen LogP contribution in [0.1, 0.15) is 30.4 Å². The lowest BCUT2D eigenvalue weighted by molar-refractivity contribution is -0.120. The van der Waals surface area contributed by atoms with Crippen LogP contribution in [0.15, 0.2) is 72.8 Å². The second kappa shape index (κ2) is 7.78. The van der Waals surface area contributed by atoms with Crippen LogP contribution in [0.3, 0.4) is 0 Å². The molecule has 0 aliphatic carbocycles. The van der Waals surface area contributed by atoms with E-state index in [0.717, 1.165) is 12.0 Å². The van der Waals surface area contributed by atoms with Gasteiger partial charge in [0.2, 0.25) is 5.91 Å². The molecule has 3 rings (SSSR count). The number of nitrogens with one attached hydrogen (secondary N) is 1. The number of rotatable bonds is 6. The fourth-order valence-corrected chi connectivity index (χ4v) is 3.06. The molecule has 3 aromatic rings. The molecular weight excluding hydrogens is 294 g/mol. The highest BCUT2D eigenvalue weighted by Crippen LogP contribution is 2.18. The first-order valence-electron chi connectivity index (χ1n) is 8.55. The van der Waals surface area contributed by atoms with E-state index in [-0.39, 0.29) is 5.91 Å². The molecular formula is C22H23NO. The molecule has 1 atom stereocenters. The van der Waals surface area contributed by atoms with Crippen LogP contribution in [-0.2, 0) is 11.2 Å². The minimum atomic E-state index is 0.0830. The maximum absolute atomic E-state index is 12.3. The van der Waals surface area contributed by atoms with Gasteiger partial charge in [-0.3, -0.25) is 4.79 Å². The summed E-state index contributed by atoms with van der Waals surface area (Å²) < 4.78 is 0. The second-order valence-corrected chi connectivity index (χ2v) is 6.18. The van der Waals surface area contributed by atoms with E-state index in [9.17, 15) is 4.79 Å². The van der Waals surface area contributed by atoms with Crippen LogP contribution in [0.5, 0.6) is 0 Å². The van der Waals surface area contributed by atoms with Gasteiger partial charge >= 0.3 is 0 Å². The first-order chi connectivity index (χ1) is 11.8. The van der Waals surface area contributed by atoms with E-state index in [1.807, 2.05) is 24.3 Å². The molecule has 0 radical (unpaired) electrons. The molecule has 1 unspecified atom stereocenters. The summed E-state index contributed by atoms with van der Waals surface area (Å²) in [5, 5.41) is 5.47. The first kappa shape index (κ1) is 16.3. The summed E-state index contributed by atoms with van der Waals surface area (Å²) in [5.41, 5.74) is 2.34. The summed E-state index contributed by atoms with van der Waals surface area (Å²) in [6, 6.07) is 24.8. The molecule has 0 aromatic heterocycles. The highest BCUT2D eigenvalue weighted by Gasteiger charge is 2.11. The van der Waals surface area contributed by atoms with Crippen LogP contribution < -0.4 is 5.32 Å². The van der Waals surface area contributed by atoms with Crippen LogP contribution >= 0.6 is 0 Å². The Morgan fingerprint density at radius 1 is 0.917 bits per heavy atom. The Hall–Kier alpha value is -2.61. The maximum atomic E-state index is 12.3. The van der Waals surface area contributed by atoms with Gasteiger partial charge in [-0.05, 0) is 28.3 Å². The highest BCUT2D eigenvalue weighted by atomic mass is 16.1. The molecule has 0 spiro atoms. The molecule has 0 fully saturated rings. The maximum Gasteiger partial charge on any atom is 0.224 e. The minimum Gasteiger partial charge on any atom is -0.355 e. The van der Waals surface area contributed by atoms with Gasteiger partial charge in [0, 0.05) is 12.5 Å². The van der Waals surface area contributed by atoms with Crippen molar-refractivity contribution < 1.29 is 4.79 Å². The van der Waals surface area contributed by atoms with Crippen molar-refractivity contribution in [2.45, 2.75) is 25.7 Å². The normalized spacial score (nSPS) is 12.0. The smallest absolute Gasteiger partial charge is 0.224 e. The summed E-state index contributed by atoms with van der Waals surface area (Å²) in [6.07, 6.45) is 1.44. The number of carbonyl (C=O) groups excluding carboxylic acids is 1. The number of hydrogen-bond acceptors (Lipinski definition) is 1. The summed E-state index contributed by atoms with van der Waals surface area (Å²) in [7, 11) is 0. The van der Waals surface area contributed by atoms with Crippen molar-refractivity contribution in [3.63, 3.8) is 0 Å². The predicted molar refractivity (Wildman–Crippen MR) is 100 cm³/mol. The summed E-state index contributed by atoms with van der Waals surface area (Å²) >= 11 is 0. The summed E-state index contributed by atoms with van der Waals surface area (Å²) in [5.74, 6) is 0.450. The van der Waals surface area contributed by atoms with Gasteiger partial charge in [0.15, 0.2) is 0 Å². The number of amides is 1. The van der Waals surface area contributed by atoms with Crippen LogP contribution in [-0.4, -0.2) is 12.5 Å². The van der Waals surface area contributed by atoms with Crippen LogP contribution in [0, 0.1) is 0 Å². The quantitative estimate of drug-likeness (QED) is 0.702. The lowest BCUT2D eigenvalue weighted by Gasteiger charge is -2.16. The van der Waals surface area contributed by atoms with E-state index in [4.69, 9.17) is 0 Å². The molecule has 0 heterocycles. The molecule has 1 amide bonds. The zero-order chi connectivity index (χ0) is 16.8. The van der Waals surface area contributed by atoms with E-state index in [1.54, 1.807) is 0 Å². The van der Waals surface area contributed by atoms with Crippen LogP contribution in [0.25, 0.3) is 10.8 Å². The molecule has 1 N–H and O–H groups in total. The van der Waals surface area contributed by atoms with Gasteiger partial charge in [0.1, 0.15) is 0 Å². The van der Waals surface area contributed by atoms with Gasteiger partial charge in [-0.2, -0.15) is 0 Å². The second-order valence-electron chi connectivity index (χ2n) is 6.18. The third kappa shape index (κ3) is 4.02. The fraction of sp³-hybridized carbons (Fsp3) is 0.227. The van der Waals surface area contributed by atoms with Gasteiger partial charge in [0.25, 0.3) is 0 Å². The largest absolute Gasteiger partial charge is 0.355 e. The summed E-state index contributed by atoms with van der Waals surface area (Å²) in [6.45, 7) is 2.85.